The van der Waals surface area contributed by atoms with Gasteiger partial charge in [0.15, 0.2) is 0 Å². The molecule has 104 valence electrons. The molecule has 1 unspecified atom stereocenters. The number of nitrogens with zero attached hydrogens (tertiary/aromatic N) is 2. The Kier molecular flexibility index (Phi) is 7.15. The first-order chi connectivity index (χ1) is 8.58. The number of thiazole rings is 1. The molecule has 0 N–H and O–H groups in total. The number of aromatic nitrogens is 1. The van der Waals surface area contributed by atoms with Crippen LogP contribution in [-0.4, -0.2) is 36.7 Å². The largest absolute Gasteiger partial charge is 0.383 e. The first-order valence-electron chi connectivity index (χ1n) is 6.31. The van der Waals surface area contributed by atoms with Crippen molar-refractivity contribution in [3.63, 3.8) is 0 Å². The highest BCUT2D eigenvalue weighted by Crippen LogP contribution is 2.25. The van der Waals surface area contributed by atoms with Gasteiger partial charge in [0.05, 0.1) is 24.2 Å². The van der Waals surface area contributed by atoms with Gasteiger partial charge in [0, 0.05) is 25.6 Å². The molecule has 18 heavy (non-hydrogen) atoms. The maximum Gasteiger partial charge on any atom is 0.110 e. The van der Waals surface area contributed by atoms with Crippen LogP contribution in [0.5, 0.6) is 0 Å². The van der Waals surface area contributed by atoms with Gasteiger partial charge < -0.3 is 4.74 Å². The second-order valence-electron chi connectivity index (χ2n) is 4.87. The number of halogens is 1. The minimum atomic E-state index is 0.324. The number of alkyl halides is 1. The van der Waals surface area contributed by atoms with Gasteiger partial charge in [-0.25, -0.2) is 4.98 Å². The van der Waals surface area contributed by atoms with E-state index in [0.29, 0.717) is 17.8 Å². The molecule has 3 nitrogen and oxygen atoms in total. The summed E-state index contributed by atoms with van der Waals surface area (Å²) in [5, 5.41) is 3.19. The van der Waals surface area contributed by atoms with Crippen molar-refractivity contribution in [2.75, 3.05) is 26.8 Å². The van der Waals surface area contributed by atoms with Crippen LogP contribution in [0.3, 0.4) is 0 Å². The minimum absolute atomic E-state index is 0.324. The van der Waals surface area contributed by atoms with Crippen molar-refractivity contribution < 1.29 is 4.74 Å². The first kappa shape index (κ1) is 15.9. The van der Waals surface area contributed by atoms with Gasteiger partial charge in [-0.15, -0.1) is 22.9 Å². The monoisotopic (exact) mass is 290 g/mol. The van der Waals surface area contributed by atoms with Crippen LogP contribution in [0.15, 0.2) is 5.38 Å². The Morgan fingerprint density at radius 2 is 2.17 bits per heavy atom. The molecule has 1 aromatic rings. The van der Waals surface area contributed by atoms with E-state index >= 15 is 0 Å². The van der Waals surface area contributed by atoms with Gasteiger partial charge in [-0.1, -0.05) is 13.8 Å². The summed E-state index contributed by atoms with van der Waals surface area (Å²) in [7, 11) is 1.74. The van der Waals surface area contributed by atoms with Gasteiger partial charge in [-0.2, -0.15) is 0 Å². The molecule has 0 radical (unpaired) electrons. The van der Waals surface area contributed by atoms with Crippen LogP contribution in [0.25, 0.3) is 0 Å². The van der Waals surface area contributed by atoms with Crippen molar-refractivity contribution in [2.45, 2.75) is 32.7 Å². The zero-order chi connectivity index (χ0) is 13.5. The van der Waals surface area contributed by atoms with E-state index in [1.165, 1.54) is 0 Å². The molecule has 0 saturated carbocycles. The quantitative estimate of drug-likeness (QED) is 0.685. The zero-order valence-electron chi connectivity index (χ0n) is 11.6. The fraction of sp³-hybridized carbons (Fsp3) is 0.769. The number of methoxy groups -OCH3 is 1. The van der Waals surface area contributed by atoms with Gasteiger partial charge in [0.1, 0.15) is 5.01 Å². The summed E-state index contributed by atoms with van der Waals surface area (Å²) in [6.45, 7) is 9.42. The summed E-state index contributed by atoms with van der Waals surface area (Å²) in [6.07, 6.45) is 0. The minimum Gasteiger partial charge on any atom is -0.383 e. The molecule has 0 saturated heterocycles. The van der Waals surface area contributed by atoms with E-state index in [0.717, 1.165) is 30.4 Å². The number of hydrogen-bond donors (Lipinski definition) is 0. The molecule has 0 spiro atoms. The Balaban J connectivity index is 2.70. The average molecular weight is 291 g/mol. The molecule has 0 aliphatic carbocycles. The van der Waals surface area contributed by atoms with Crippen molar-refractivity contribution in [3.8, 4) is 0 Å². The van der Waals surface area contributed by atoms with E-state index in [2.05, 4.69) is 30.7 Å². The standard InChI is InChI=1S/C13H23ClN2OS/c1-10(2)8-16(5-6-17-4)11(3)13-15-12(7-14)9-18-13/h9-11H,5-8H2,1-4H3. The maximum atomic E-state index is 5.80. The van der Waals surface area contributed by atoms with Crippen molar-refractivity contribution in [1.29, 1.82) is 0 Å². The van der Waals surface area contributed by atoms with E-state index in [4.69, 9.17) is 16.3 Å². The van der Waals surface area contributed by atoms with E-state index in [1.54, 1.807) is 18.4 Å². The highest BCUT2D eigenvalue weighted by atomic mass is 35.5. The second-order valence-corrected chi connectivity index (χ2v) is 6.03. The molecule has 0 aliphatic rings. The predicted molar refractivity (Wildman–Crippen MR) is 78.4 cm³/mol. The predicted octanol–water partition coefficient (Wildman–Crippen LogP) is 3.55. The molecule has 0 aliphatic heterocycles. The van der Waals surface area contributed by atoms with E-state index in [9.17, 15) is 0 Å². The smallest absolute Gasteiger partial charge is 0.110 e. The van der Waals surface area contributed by atoms with E-state index in [-0.39, 0.29) is 0 Å². The molecule has 1 aromatic heterocycles. The van der Waals surface area contributed by atoms with Gasteiger partial charge in [0.2, 0.25) is 0 Å². The molecule has 0 fully saturated rings. The third-order valence-corrected chi connectivity index (χ3v) is 4.13. The maximum absolute atomic E-state index is 5.80. The van der Waals surface area contributed by atoms with E-state index in [1.807, 2.05) is 5.38 Å². The molecule has 0 aromatic carbocycles. The highest BCUT2D eigenvalue weighted by molar-refractivity contribution is 7.09. The third-order valence-electron chi connectivity index (χ3n) is 2.79. The van der Waals surface area contributed by atoms with Gasteiger partial charge in [-0.3, -0.25) is 4.90 Å². The zero-order valence-corrected chi connectivity index (χ0v) is 13.2. The van der Waals surface area contributed by atoms with Crippen LogP contribution in [0.2, 0.25) is 0 Å². The van der Waals surface area contributed by atoms with Gasteiger partial charge >= 0.3 is 0 Å². The first-order valence-corrected chi connectivity index (χ1v) is 7.73. The summed E-state index contributed by atoms with van der Waals surface area (Å²) in [6, 6.07) is 0.324. The summed E-state index contributed by atoms with van der Waals surface area (Å²) in [5.41, 5.74) is 0.972. The van der Waals surface area contributed by atoms with Gasteiger partial charge in [-0.05, 0) is 12.8 Å². The SMILES string of the molecule is COCCN(CC(C)C)C(C)c1nc(CCl)cs1. The Morgan fingerprint density at radius 3 is 2.67 bits per heavy atom. The molecule has 5 heteroatoms. The molecular formula is C13H23ClN2OS. The van der Waals surface area contributed by atoms with Crippen LogP contribution < -0.4 is 0 Å². The Hall–Kier alpha value is -0.160. The third kappa shape index (κ3) is 4.84. The number of hydrogen-bond acceptors (Lipinski definition) is 4. The second kappa shape index (κ2) is 8.10. The fourth-order valence-electron chi connectivity index (χ4n) is 1.85. The summed E-state index contributed by atoms with van der Waals surface area (Å²) in [5.74, 6) is 1.13. The van der Waals surface area contributed by atoms with Crippen LogP contribution in [-0.2, 0) is 10.6 Å². The van der Waals surface area contributed by atoms with Crippen molar-refractivity contribution >= 4 is 22.9 Å². The molecule has 1 heterocycles. The van der Waals surface area contributed by atoms with Crippen molar-refractivity contribution in [1.82, 2.24) is 9.88 Å². The molecule has 0 amide bonds. The molecular weight excluding hydrogens is 268 g/mol. The summed E-state index contributed by atoms with van der Waals surface area (Å²) >= 11 is 7.50. The highest BCUT2D eigenvalue weighted by Gasteiger charge is 2.19. The lowest BCUT2D eigenvalue weighted by atomic mass is 10.1. The lowest BCUT2D eigenvalue weighted by Crippen LogP contribution is -2.33. The van der Waals surface area contributed by atoms with Gasteiger partial charge in [0.25, 0.3) is 0 Å². The number of ether oxygens (including phenoxy) is 1. The molecule has 1 atom stereocenters. The van der Waals surface area contributed by atoms with Crippen LogP contribution in [0, 0.1) is 5.92 Å². The van der Waals surface area contributed by atoms with Crippen molar-refractivity contribution in [3.05, 3.63) is 16.1 Å². The van der Waals surface area contributed by atoms with Crippen LogP contribution in [0.1, 0.15) is 37.5 Å². The van der Waals surface area contributed by atoms with Crippen LogP contribution in [0.4, 0.5) is 0 Å². The topological polar surface area (TPSA) is 25.4 Å². The number of rotatable bonds is 8. The molecule has 0 bridgehead atoms. The summed E-state index contributed by atoms with van der Waals surface area (Å²) < 4.78 is 5.19. The fourth-order valence-corrected chi connectivity index (χ4v) is 2.99. The Bertz CT molecular complexity index is 343. The lowest BCUT2D eigenvalue weighted by molar-refractivity contribution is 0.115. The van der Waals surface area contributed by atoms with Crippen molar-refractivity contribution in [2.24, 2.45) is 5.92 Å². The Labute approximate surface area is 119 Å². The molecule has 1 rings (SSSR count). The van der Waals surface area contributed by atoms with Crippen LogP contribution >= 0.6 is 22.9 Å². The lowest BCUT2D eigenvalue weighted by Gasteiger charge is -2.29. The summed E-state index contributed by atoms with van der Waals surface area (Å²) in [4.78, 5) is 6.99. The van der Waals surface area contributed by atoms with E-state index < -0.39 is 0 Å². The average Bonchev–Trinajstić information content (AvgIpc) is 2.81. The Morgan fingerprint density at radius 1 is 1.44 bits per heavy atom. The normalized spacial score (nSPS) is 13.5.